The van der Waals surface area contributed by atoms with E-state index in [1.165, 1.54) is 16.4 Å². The largest absolute Gasteiger partial charge is 0.374 e. The summed E-state index contributed by atoms with van der Waals surface area (Å²) in [5.41, 5.74) is 6.65. The van der Waals surface area contributed by atoms with E-state index in [-0.39, 0.29) is 31.3 Å². The number of amides is 1. The number of nitrogens with zero attached hydrogens (tertiary/aromatic N) is 2. The predicted molar refractivity (Wildman–Crippen MR) is 154 cm³/mol. The summed E-state index contributed by atoms with van der Waals surface area (Å²) in [4.78, 5) is 26.9. The molecule has 2 aromatic rings. The third-order valence-corrected chi connectivity index (χ3v) is 8.56. The molecule has 218 valence electrons. The number of sulfonamides is 1. The number of nitrogens with one attached hydrogen (secondary N) is 1. The summed E-state index contributed by atoms with van der Waals surface area (Å²) in [6, 6.07) is 13.0. The molecule has 0 unspecified atom stereocenters. The number of ether oxygens (including phenoxy) is 1. The van der Waals surface area contributed by atoms with Crippen molar-refractivity contribution in [1.82, 2.24) is 10.2 Å². The molecule has 1 atom stereocenters. The molecule has 1 spiro atoms. The van der Waals surface area contributed by atoms with Crippen LogP contribution in [-0.2, 0) is 36.4 Å². The smallest absolute Gasteiger partial charge is 0.240 e. The van der Waals surface area contributed by atoms with Crippen LogP contribution in [0.15, 0.2) is 54.2 Å². The van der Waals surface area contributed by atoms with Gasteiger partial charge in [-0.05, 0) is 49.9 Å². The van der Waals surface area contributed by atoms with E-state index in [0.29, 0.717) is 38.2 Å². The third-order valence-electron chi connectivity index (χ3n) is 7.43. The van der Waals surface area contributed by atoms with E-state index in [0.717, 1.165) is 17.4 Å². The molecular formula is C28H36ClFN4O5S. The van der Waals surface area contributed by atoms with Crippen LogP contribution < -0.4 is 15.4 Å². The minimum Gasteiger partial charge on any atom is -0.374 e. The normalized spacial score (nSPS) is 17.0. The molecule has 0 radical (unpaired) electrons. The maximum absolute atomic E-state index is 14.0. The first-order valence-corrected chi connectivity index (χ1v) is 14.7. The second kappa shape index (κ2) is 12.3. The van der Waals surface area contributed by atoms with Gasteiger partial charge in [0.2, 0.25) is 15.9 Å². The van der Waals surface area contributed by atoms with Crippen molar-refractivity contribution in [3.05, 3.63) is 71.2 Å². The Bertz CT molecular complexity index is 1370. The van der Waals surface area contributed by atoms with Crippen molar-refractivity contribution >= 4 is 40.0 Å². The first-order chi connectivity index (χ1) is 18.3. The number of benzene rings is 2. The van der Waals surface area contributed by atoms with Gasteiger partial charge in [-0.25, -0.2) is 17.6 Å². The summed E-state index contributed by atoms with van der Waals surface area (Å²) in [6.07, 6.45) is 2.16. The van der Waals surface area contributed by atoms with Crippen LogP contribution in [0.25, 0.3) is 0 Å². The average Bonchev–Trinajstić information content (AvgIpc) is 3.19. The summed E-state index contributed by atoms with van der Waals surface area (Å²) in [5.74, 6) is 1.08. The van der Waals surface area contributed by atoms with Gasteiger partial charge >= 0.3 is 0 Å². The van der Waals surface area contributed by atoms with Gasteiger partial charge in [-0.2, -0.15) is 0 Å². The Balaban J connectivity index is 0.00000441. The second-order valence-electron chi connectivity index (χ2n) is 10.9. The molecule has 40 heavy (non-hydrogen) atoms. The van der Waals surface area contributed by atoms with E-state index in [4.69, 9.17) is 10.5 Å². The highest BCUT2D eigenvalue weighted by Crippen LogP contribution is 2.48. The van der Waals surface area contributed by atoms with E-state index in [9.17, 15) is 22.4 Å². The molecule has 2 aromatic carbocycles. The van der Waals surface area contributed by atoms with Gasteiger partial charge in [-0.3, -0.25) is 9.10 Å². The fraction of sp³-hybridized carbons (Fsp3) is 0.464. The number of rotatable bonds is 9. The minimum absolute atomic E-state index is 0. The zero-order valence-electron chi connectivity index (χ0n) is 22.9. The minimum atomic E-state index is -3.61. The first kappa shape index (κ1) is 31.6. The molecule has 1 saturated heterocycles. The molecule has 0 saturated carbocycles. The molecule has 1 amide bonds. The lowest BCUT2D eigenvalue weighted by Crippen LogP contribution is -2.56. The van der Waals surface area contributed by atoms with E-state index in [1.807, 2.05) is 41.2 Å². The average molecular weight is 595 g/mol. The van der Waals surface area contributed by atoms with Gasteiger partial charge < -0.3 is 20.7 Å². The number of anilines is 1. The van der Waals surface area contributed by atoms with Gasteiger partial charge in [0.05, 0.1) is 30.7 Å². The quantitative estimate of drug-likeness (QED) is 0.428. The highest BCUT2D eigenvalue weighted by atomic mass is 35.5. The zero-order valence-corrected chi connectivity index (χ0v) is 24.5. The Hall–Kier alpha value is -2.95. The monoisotopic (exact) mass is 594 g/mol. The Morgan fingerprint density at radius 2 is 1.85 bits per heavy atom. The molecule has 1 fully saturated rings. The van der Waals surface area contributed by atoms with Crippen molar-refractivity contribution in [1.29, 1.82) is 0 Å². The molecule has 0 aliphatic carbocycles. The number of nitrogens with two attached hydrogens (primary N) is 1. The molecule has 4 rings (SSSR count). The Kier molecular flexibility index (Phi) is 9.70. The summed E-state index contributed by atoms with van der Waals surface area (Å²) in [7, 11) is -3.61. The van der Waals surface area contributed by atoms with Crippen molar-refractivity contribution < 1.29 is 27.1 Å². The SMILES string of the molecule is CC(C)(N)C(=O)N[C@@H](COCc1ccccc1)C(=C=O)N1CCC2(CC1)CN(S(C)(=O)=O)c1cc(F)ccc12.Cl. The number of carbonyl (C=O) groups excluding carboxylic acids is 2. The van der Waals surface area contributed by atoms with Crippen LogP contribution in [0.3, 0.4) is 0 Å². The van der Waals surface area contributed by atoms with Crippen LogP contribution in [0.2, 0.25) is 0 Å². The Morgan fingerprint density at radius 3 is 2.42 bits per heavy atom. The van der Waals surface area contributed by atoms with Gasteiger partial charge in [0.1, 0.15) is 23.5 Å². The standard InChI is InChI=1S/C28H35FN4O5S.ClH/c1-27(2,30)26(35)31-23(18-38-17-20-7-5-4-6-8-20)25(16-34)32-13-11-28(12-14-32)19-33(39(3,36)37)24-15-21(29)9-10-22(24)28;/h4-10,15,23H,11-14,17-19,30H2,1-3H3,(H,31,35);1H/t23-;/m0./s1. The second-order valence-corrected chi connectivity index (χ2v) is 12.8. The highest BCUT2D eigenvalue weighted by Gasteiger charge is 2.48. The molecule has 9 nitrogen and oxygen atoms in total. The van der Waals surface area contributed by atoms with Crippen LogP contribution in [0.1, 0.15) is 37.8 Å². The van der Waals surface area contributed by atoms with Crippen molar-refractivity contribution in [2.75, 3.05) is 36.8 Å². The lowest BCUT2D eigenvalue weighted by Gasteiger charge is -2.42. The maximum atomic E-state index is 14.0. The lowest BCUT2D eigenvalue weighted by molar-refractivity contribution is -0.126. The third kappa shape index (κ3) is 6.85. The predicted octanol–water partition coefficient (Wildman–Crippen LogP) is 2.52. The van der Waals surface area contributed by atoms with Gasteiger partial charge in [0.15, 0.2) is 0 Å². The van der Waals surface area contributed by atoms with E-state index < -0.39 is 38.7 Å². The summed E-state index contributed by atoms with van der Waals surface area (Å²) >= 11 is 0. The van der Waals surface area contributed by atoms with Gasteiger partial charge in [-0.1, -0.05) is 36.4 Å². The Labute approximate surface area is 241 Å². The summed E-state index contributed by atoms with van der Waals surface area (Å²) in [6.45, 7) is 4.52. The van der Waals surface area contributed by atoms with E-state index >= 15 is 0 Å². The van der Waals surface area contributed by atoms with Gasteiger partial charge in [0.25, 0.3) is 0 Å². The molecule has 12 heteroatoms. The summed E-state index contributed by atoms with van der Waals surface area (Å²) < 4.78 is 46.2. The van der Waals surface area contributed by atoms with Crippen molar-refractivity contribution in [3.63, 3.8) is 0 Å². The lowest BCUT2D eigenvalue weighted by atomic mass is 9.74. The molecule has 2 aliphatic rings. The first-order valence-electron chi connectivity index (χ1n) is 12.8. The molecule has 2 heterocycles. The van der Waals surface area contributed by atoms with Crippen LogP contribution in [0.5, 0.6) is 0 Å². The zero-order chi connectivity index (χ0) is 28.4. The number of carbonyl (C=O) groups is 1. The van der Waals surface area contributed by atoms with Crippen LogP contribution in [0.4, 0.5) is 10.1 Å². The van der Waals surface area contributed by atoms with Crippen molar-refractivity contribution in [3.8, 4) is 0 Å². The maximum Gasteiger partial charge on any atom is 0.240 e. The molecule has 0 bridgehead atoms. The highest BCUT2D eigenvalue weighted by molar-refractivity contribution is 7.92. The number of halogens is 2. The molecule has 0 aromatic heterocycles. The fourth-order valence-electron chi connectivity index (χ4n) is 5.26. The van der Waals surface area contributed by atoms with Gasteiger partial charge in [0, 0.05) is 25.0 Å². The van der Waals surface area contributed by atoms with Crippen LogP contribution >= 0.6 is 12.4 Å². The number of piperidine rings is 1. The number of hydrogen-bond donors (Lipinski definition) is 2. The number of likely N-dealkylation sites (tertiary alicyclic amines) is 1. The van der Waals surface area contributed by atoms with Gasteiger partial charge in [-0.15, -0.1) is 12.4 Å². The van der Waals surface area contributed by atoms with E-state index in [1.54, 1.807) is 19.9 Å². The Morgan fingerprint density at radius 1 is 1.20 bits per heavy atom. The fourth-order valence-corrected chi connectivity index (χ4v) is 6.25. The van der Waals surface area contributed by atoms with Crippen LogP contribution in [-0.4, -0.2) is 69.2 Å². The molecule has 3 N–H and O–H groups in total. The van der Waals surface area contributed by atoms with E-state index in [2.05, 4.69) is 5.32 Å². The summed E-state index contributed by atoms with van der Waals surface area (Å²) in [5, 5.41) is 2.84. The molecular weight excluding hydrogens is 559 g/mol. The van der Waals surface area contributed by atoms with Crippen molar-refractivity contribution in [2.45, 2.75) is 50.3 Å². The van der Waals surface area contributed by atoms with Crippen LogP contribution in [0, 0.1) is 5.82 Å². The number of fused-ring (bicyclic) bond motifs is 2. The molecule has 2 aliphatic heterocycles. The topological polar surface area (TPSA) is 122 Å². The van der Waals surface area contributed by atoms with Crippen molar-refractivity contribution in [2.24, 2.45) is 5.73 Å². The number of hydrogen-bond acceptors (Lipinski definition) is 7.